The van der Waals surface area contributed by atoms with E-state index in [9.17, 15) is 4.79 Å². The molecule has 0 fully saturated rings. The van der Waals surface area contributed by atoms with Gasteiger partial charge in [-0.05, 0) is 11.5 Å². The van der Waals surface area contributed by atoms with E-state index < -0.39 is 0 Å². The number of methoxy groups -OCH3 is 1. The van der Waals surface area contributed by atoms with E-state index in [1.54, 1.807) is 25.6 Å². The third-order valence-electron chi connectivity index (χ3n) is 2.79. The van der Waals surface area contributed by atoms with Gasteiger partial charge < -0.3 is 10.5 Å². The first-order chi connectivity index (χ1) is 7.84. The minimum Gasteiger partial charge on any atom is -0.495 e. The Morgan fingerprint density at radius 3 is 2.65 bits per heavy atom. The molecule has 1 rings (SSSR count). The highest BCUT2D eigenvalue weighted by Gasteiger charge is 2.23. The Morgan fingerprint density at radius 2 is 2.12 bits per heavy atom. The lowest BCUT2D eigenvalue weighted by atomic mass is 9.84. The molecule has 0 aliphatic heterocycles. The summed E-state index contributed by atoms with van der Waals surface area (Å²) in [6, 6.07) is 1.52. The van der Waals surface area contributed by atoms with Crippen LogP contribution in [0.5, 0.6) is 5.75 Å². The summed E-state index contributed by atoms with van der Waals surface area (Å²) in [5.74, 6) is 0.582. The van der Waals surface area contributed by atoms with Gasteiger partial charge in [0.2, 0.25) is 0 Å². The minimum atomic E-state index is -0.166. The zero-order chi connectivity index (χ0) is 13.1. The van der Waals surface area contributed by atoms with Crippen LogP contribution in [0.2, 0.25) is 0 Å². The van der Waals surface area contributed by atoms with Crippen LogP contribution in [0.15, 0.2) is 18.5 Å². The molecule has 4 nitrogen and oxygen atoms in total. The van der Waals surface area contributed by atoms with Crippen molar-refractivity contribution < 1.29 is 9.53 Å². The second-order valence-electron chi connectivity index (χ2n) is 5.21. The lowest BCUT2D eigenvalue weighted by molar-refractivity contribution is 0.0952. The van der Waals surface area contributed by atoms with Crippen LogP contribution in [0.25, 0.3) is 0 Å². The van der Waals surface area contributed by atoms with Crippen LogP contribution in [0.1, 0.15) is 37.6 Å². The number of nitrogens with zero attached hydrogens (tertiary/aromatic N) is 1. The first kappa shape index (κ1) is 13.6. The zero-order valence-corrected chi connectivity index (χ0v) is 10.9. The molecule has 0 radical (unpaired) electrons. The quantitative estimate of drug-likeness (QED) is 0.812. The summed E-state index contributed by atoms with van der Waals surface area (Å²) in [6.45, 7) is 6.07. The third-order valence-corrected chi connectivity index (χ3v) is 2.79. The summed E-state index contributed by atoms with van der Waals surface area (Å²) in [5.41, 5.74) is 6.45. The maximum atomic E-state index is 12.0. The second kappa shape index (κ2) is 5.27. The average Bonchev–Trinajstić information content (AvgIpc) is 2.27. The van der Waals surface area contributed by atoms with Crippen LogP contribution in [0.4, 0.5) is 0 Å². The first-order valence-electron chi connectivity index (χ1n) is 5.62. The fourth-order valence-corrected chi connectivity index (χ4v) is 1.31. The highest BCUT2D eigenvalue weighted by atomic mass is 16.5. The normalized spacial score (nSPS) is 13.2. The molecule has 0 aromatic carbocycles. The van der Waals surface area contributed by atoms with Crippen LogP contribution in [0.3, 0.4) is 0 Å². The molecule has 17 heavy (non-hydrogen) atoms. The van der Waals surface area contributed by atoms with Crippen molar-refractivity contribution in [3.63, 3.8) is 0 Å². The van der Waals surface area contributed by atoms with Crippen molar-refractivity contribution in [2.75, 3.05) is 7.11 Å². The number of nitrogens with two attached hydrogens (primary N) is 1. The highest BCUT2D eigenvalue weighted by Crippen LogP contribution is 2.21. The monoisotopic (exact) mass is 236 g/mol. The minimum absolute atomic E-state index is 0.00109. The van der Waals surface area contributed by atoms with Gasteiger partial charge >= 0.3 is 0 Å². The summed E-state index contributed by atoms with van der Waals surface area (Å²) in [5, 5.41) is 0. The fraction of sp³-hybridized carbons (Fsp3) is 0.538. The maximum absolute atomic E-state index is 12.0. The lowest BCUT2D eigenvalue weighted by Gasteiger charge is -2.26. The number of rotatable bonds is 4. The predicted molar refractivity (Wildman–Crippen MR) is 67.2 cm³/mol. The number of ketones is 1. The molecular weight excluding hydrogens is 216 g/mol. The molecule has 0 saturated carbocycles. The van der Waals surface area contributed by atoms with Gasteiger partial charge in [0, 0.05) is 24.2 Å². The molecule has 4 heteroatoms. The van der Waals surface area contributed by atoms with Crippen molar-refractivity contribution in [3.8, 4) is 5.75 Å². The molecule has 2 N–H and O–H groups in total. The second-order valence-corrected chi connectivity index (χ2v) is 5.21. The van der Waals surface area contributed by atoms with Crippen LogP contribution in [0, 0.1) is 5.41 Å². The van der Waals surface area contributed by atoms with Crippen LogP contribution in [-0.4, -0.2) is 23.9 Å². The van der Waals surface area contributed by atoms with Crippen molar-refractivity contribution in [2.24, 2.45) is 11.1 Å². The average molecular weight is 236 g/mol. The van der Waals surface area contributed by atoms with Crippen LogP contribution < -0.4 is 10.5 Å². The molecule has 0 amide bonds. The summed E-state index contributed by atoms with van der Waals surface area (Å²) >= 11 is 0. The van der Waals surface area contributed by atoms with E-state index in [1.807, 2.05) is 20.8 Å². The Balaban J connectivity index is 2.76. The Kier molecular flexibility index (Phi) is 4.23. The van der Waals surface area contributed by atoms with Crippen molar-refractivity contribution >= 4 is 5.78 Å². The number of pyridine rings is 1. The predicted octanol–water partition coefficient (Wildman–Crippen LogP) is 2.04. The molecule has 1 aromatic heterocycles. The Bertz CT molecular complexity index is 397. The number of aromatic nitrogens is 1. The van der Waals surface area contributed by atoms with E-state index in [1.165, 1.54) is 0 Å². The molecule has 0 aliphatic rings. The largest absolute Gasteiger partial charge is 0.495 e. The lowest BCUT2D eigenvalue weighted by Crippen LogP contribution is -2.37. The van der Waals surface area contributed by atoms with E-state index in [0.29, 0.717) is 17.7 Å². The van der Waals surface area contributed by atoms with E-state index >= 15 is 0 Å². The maximum Gasteiger partial charge on any atom is 0.166 e. The summed E-state index contributed by atoms with van der Waals surface area (Å²) in [7, 11) is 1.55. The van der Waals surface area contributed by atoms with E-state index in [-0.39, 0.29) is 17.2 Å². The number of ether oxygens (including phenoxy) is 1. The Labute approximate surface area is 102 Å². The van der Waals surface area contributed by atoms with Crippen molar-refractivity contribution in [1.82, 2.24) is 4.98 Å². The van der Waals surface area contributed by atoms with Gasteiger partial charge in [-0.1, -0.05) is 20.8 Å². The fourth-order valence-electron chi connectivity index (χ4n) is 1.31. The van der Waals surface area contributed by atoms with Gasteiger partial charge in [-0.2, -0.15) is 0 Å². The van der Waals surface area contributed by atoms with Gasteiger partial charge in [0.15, 0.2) is 5.78 Å². The summed E-state index contributed by atoms with van der Waals surface area (Å²) in [4.78, 5) is 16.0. The van der Waals surface area contributed by atoms with Gasteiger partial charge in [0.1, 0.15) is 5.75 Å². The van der Waals surface area contributed by atoms with E-state index in [0.717, 1.165) is 0 Å². The molecule has 1 unspecified atom stereocenters. The SMILES string of the molecule is COc1cncc(C(=O)CC(N)C(C)(C)C)c1. The topological polar surface area (TPSA) is 65.2 Å². The zero-order valence-electron chi connectivity index (χ0n) is 10.9. The van der Waals surface area contributed by atoms with Crippen molar-refractivity contribution in [1.29, 1.82) is 0 Å². The number of Topliss-reactive ketones (excluding diaryl/α,β-unsaturated/α-hetero) is 1. The summed E-state index contributed by atoms with van der Waals surface area (Å²) in [6.07, 6.45) is 3.43. The molecule has 0 aliphatic carbocycles. The Morgan fingerprint density at radius 1 is 1.47 bits per heavy atom. The van der Waals surface area contributed by atoms with Crippen LogP contribution in [-0.2, 0) is 0 Å². The number of hydrogen-bond donors (Lipinski definition) is 1. The first-order valence-corrected chi connectivity index (χ1v) is 5.62. The smallest absolute Gasteiger partial charge is 0.166 e. The van der Waals surface area contributed by atoms with E-state index in [4.69, 9.17) is 10.5 Å². The molecule has 1 atom stereocenters. The molecule has 1 heterocycles. The number of hydrogen-bond acceptors (Lipinski definition) is 4. The van der Waals surface area contributed by atoms with Gasteiger partial charge in [0.25, 0.3) is 0 Å². The highest BCUT2D eigenvalue weighted by molar-refractivity contribution is 5.96. The molecule has 94 valence electrons. The molecule has 1 aromatic rings. The van der Waals surface area contributed by atoms with Gasteiger partial charge in [-0.15, -0.1) is 0 Å². The van der Waals surface area contributed by atoms with Crippen molar-refractivity contribution in [2.45, 2.75) is 33.2 Å². The van der Waals surface area contributed by atoms with Crippen molar-refractivity contribution in [3.05, 3.63) is 24.0 Å². The van der Waals surface area contributed by atoms with Gasteiger partial charge in [-0.3, -0.25) is 9.78 Å². The van der Waals surface area contributed by atoms with E-state index in [2.05, 4.69) is 4.98 Å². The standard InChI is InChI=1S/C13H20N2O2/c1-13(2,3)12(14)6-11(16)9-5-10(17-4)8-15-7-9/h5,7-8,12H,6,14H2,1-4H3. The summed E-state index contributed by atoms with van der Waals surface area (Å²) < 4.78 is 5.03. The molecule has 0 spiro atoms. The number of carbonyl (C=O) groups excluding carboxylic acids is 1. The molecule has 0 bridgehead atoms. The molecular formula is C13H20N2O2. The van der Waals surface area contributed by atoms with Gasteiger partial charge in [0.05, 0.1) is 13.3 Å². The third kappa shape index (κ3) is 3.82. The number of carbonyl (C=O) groups is 1. The Hall–Kier alpha value is -1.42. The molecule has 0 saturated heterocycles. The van der Waals surface area contributed by atoms with Gasteiger partial charge in [-0.25, -0.2) is 0 Å². The van der Waals surface area contributed by atoms with Crippen LogP contribution >= 0.6 is 0 Å².